The quantitative estimate of drug-likeness (QED) is 0.843. The van der Waals surface area contributed by atoms with Crippen LogP contribution in [0.25, 0.3) is 0 Å². The Morgan fingerprint density at radius 1 is 1.42 bits per heavy atom. The van der Waals surface area contributed by atoms with Gasteiger partial charge in [-0.2, -0.15) is 4.98 Å². The smallest absolute Gasteiger partial charge is 0.221 e. The fraction of sp³-hybridized carbons (Fsp3) is 0.615. The first kappa shape index (κ1) is 13.7. The van der Waals surface area contributed by atoms with E-state index in [9.17, 15) is 4.79 Å². The highest BCUT2D eigenvalue weighted by atomic mass is 16.5. The zero-order valence-electron chi connectivity index (χ0n) is 11.6. The van der Waals surface area contributed by atoms with Crippen molar-refractivity contribution in [2.75, 3.05) is 20.2 Å². The molecule has 6 nitrogen and oxygen atoms in total. The topological polar surface area (TPSA) is 76.1 Å². The molecule has 1 amide bonds. The van der Waals surface area contributed by atoms with Gasteiger partial charge in [-0.25, -0.2) is 4.98 Å². The van der Waals surface area contributed by atoms with Gasteiger partial charge < -0.3 is 15.4 Å². The van der Waals surface area contributed by atoms with Crippen LogP contribution < -0.4 is 15.4 Å². The van der Waals surface area contributed by atoms with Gasteiger partial charge in [-0.3, -0.25) is 4.79 Å². The molecular weight excluding hydrogens is 244 g/mol. The minimum Gasteiger partial charge on any atom is -0.481 e. The van der Waals surface area contributed by atoms with Gasteiger partial charge in [-0.05, 0) is 0 Å². The van der Waals surface area contributed by atoms with Crippen LogP contribution in [0.3, 0.4) is 0 Å². The average Bonchev–Trinajstić information content (AvgIpc) is 2.62. The molecule has 1 aromatic heterocycles. The number of methoxy groups -OCH3 is 1. The van der Waals surface area contributed by atoms with Gasteiger partial charge in [0.1, 0.15) is 5.82 Å². The van der Waals surface area contributed by atoms with Crippen molar-refractivity contribution in [3.8, 4) is 5.88 Å². The summed E-state index contributed by atoms with van der Waals surface area (Å²) in [6.45, 7) is 5.44. The largest absolute Gasteiger partial charge is 0.481 e. The third-order valence-electron chi connectivity index (χ3n) is 3.11. The molecule has 2 N–H and O–H groups in total. The van der Waals surface area contributed by atoms with E-state index in [1.165, 1.54) is 0 Å². The molecule has 0 radical (unpaired) electrons. The molecule has 1 unspecified atom stereocenters. The van der Waals surface area contributed by atoms with Crippen molar-refractivity contribution in [3.63, 3.8) is 0 Å². The Bertz CT molecular complexity index is 462. The maximum atomic E-state index is 11.6. The van der Waals surface area contributed by atoms with E-state index in [1.54, 1.807) is 13.3 Å². The lowest BCUT2D eigenvalue weighted by Gasteiger charge is -2.18. The Balaban J connectivity index is 2.29. The van der Waals surface area contributed by atoms with Crippen molar-refractivity contribution in [1.29, 1.82) is 0 Å². The summed E-state index contributed by atoms with van der Waals surface area (Å²) in [7, 11) is 1.59. The molecule has 1 aromatic rings. The van der Waals surface area contributed by atoms with Crippen LogP contribution in [-0.4, -0.2) is 36.1 Å². The number of carbonyl (C=O) groups excluding carboxylic acids is 1. The highest BCUT2D eigenvalue weighted by Gasteiger charge is 2.23. The lowest BCUT2D eigenvalue weighted by molar-refractivity contribution is -0.121. The number of carbonyl (C=O) groups is 1. The SMILES string of the molecule is COc1nc(C(C)C)ncc1C1CC(=O)NCCN1. The van der Waals surface area contributed by atoms with Crippen LogP contribution >= 0.6 is 0 Å². The zero-order chi connectivity index (χ0) is 13.8. The van der Waals surface area contributed by atoms with Crippen molar-refractivity contribution in [2.45, 2.75) is 32.2 Å². The summed E-state index contributed by atoms with van der Waals surface area (Å²) in [5.41, 5.74) is 0.837. The Morgan fingerprint density at radius 2 is 2.21 bits per heavy atom. The molecule has 104 valence electrons. The van der Waals surface area contributed by atoms with E-state index in [4.69, 9.17) is 4.74 Å². The number of rotatable bonds is 3. The molecule has 1 fully saturated rings. The zero-order valence-corrected chi connectivity index (χ0v) is 11.6. The minimum atomic E-state index is -0.0985. The van der Waals surface area contributed by atoms with Crippen LogP contribution in [0.1, 0.15) is 43.6 Å². The van der Waals surface area contributed by atoms with Gasteiger partial charge in [0.15, 0.2) is 0 Å². The maximum Gasteiger partial charge on any atom is 0.221 e. The fourth-order valence-corrected chi connectivity index (χ4v) is 2.07. The summed E-state index contributed by atoms with van der Waals surface area (Å²) in [6.07, 6.45) is 2.14. The van der Waals surface area contributed by atoms with Crippen LogP contribution in [0.2, 0.25) is 0 Å². The van der Waals surface area contributed by atoms with Crippen molar-refractivity contribution in [3.05, 3.63) is 17.6 Å². The van der Waals surface area contributed by atoms with E-state index in [0.717, 1.165) is 17.9 Å². The van der Waals surface area contributed by atoms with Crippen molar-refractivity contribution >= 4 is 5.91 Å². The molecule has 0 saturated carbocycles. The highest BCUT2D eigenvalue weighted by molar-refractivity contribution is 5.77. The Labute approximate surface area is 113 Å². The second-order valence-corrected chi connectivity index (χ2v) is 4.91. The van der Waals surface area contributed by atoms with Crippen LogP contribution in [0, 0.1) is 0 Å². The molecule has 19 heavy (non-hydrogen) atoms. The van der Waals surface area contributed by atoms with Crippen LogP contribution in [0.4, 0.5) is 0 Å². The predicted octanol–water partition coefficient (Wildman–Crippen LogP) is 0.759. The summed E-state index contributed by atoms with van der Waals surface area (Å²) < 4.78 is 5.34. The first-order chi connectivity index (χ1) is 9.11. The van der Waals surface area contributed by atoms with Crippen LogP contribution in [0.15, 0.2) is 6.20 Å². The van der Waals surface area contributed by atoms with Crippen LogP contribution in [0.5, 0.6) is 5.88 Å². The molecule has 1 aliphatic rings. The molecule has 6 heteroatoms. The molecule has 1 aliphatic heterocycles. The highest BCUT2D eigenvalue weighted by Crippen LogP contribution is 2.26. The Hall–Kier alpha value is -1.69. The van der Waals surface area contributed by atoms with Gasteiger partial charge in [0, 0.05) is 37.7 Å². The average molecular weight is 264 g/mol. The molecule has 0 aliphatic carbocycles. The van der Waals surface area contributed by atoms with Crippen molar-refractivity contribution in [1.82, 2.24) is 20.6 Å². The van der Waals surface area contributed by atoms with E-state index in [1.807, 2.05) is 13.8 Å². The summed E-state index contributed by atoms with van der Waals surface area (Å²) in [4.78, 5) is 20.4. The van der Waals surface area contributed by atoms with Gasteiger partial charge in [0.2, 0.25) is 11.8 Å². The fourth-order valence-electron chi connectivity index (χ4n) is 2.07. The maximum absolute atomic E-state index is 11.6. The number of hydrogen-bond donors (Lipinski definition) is 2. The summed E-state index contributed by atoms with van der Waals surface area (Å²) >= 11 is 0. The predicted molar refractivity (Wildman–Crippen MR) is 71.0 cm³/mol. The lowest BCUT2D eigenvalue weighted by atomic mass is 10.1. The third-order valence-corrected chi connectivity index (χ3v) is 3.11. The minimum absolute atomic E-state index is 0.0324. The third kappa shape index (κ3) is 3.20. The molecular formula is C13H20N4O2. The molecule has 0 bridgehead atoms. The van der Waals surface area contributed by atoms with Gasteiger partial charge in [0.05, 0.1) is 12.7 Å². The number of amides is 1. The number of nitrogens with zero attached hydrogens (tertiary/aromatic N) is 2. The first-order valence-corrected chi connectivity index (χ1v) is 6.52. The monoisotopic (exact) mass is 264 g/mol. The Morgan fingerprint density at radius 3 is 2.89 bits per heavy atom. The van der Waals surface area contributed by atoms with Crippen molar-refractivity contribution < 1.29 is 9.53 Å². The van der Waals surface area contributed by atoms with E-state index in [0.29, 0.717) is 18.8 Å². The Kier molecular flexibility index (Phi) is 4.31. The molecule has 2 rings (SSSR count). The number of ether oxygens (including phenoxy) is 1. The number of nitrogens with one attached hydrogen (secondary N) is 2. The van der Waals surface area contributed by atoms with Crippen molar-refractivity contribution in [2.24, 2.45) is 0 Å². The molecule has 0 aromatic carbocycles. The summed E-state index contributed by atoms with van der Waals surface area (Å²) in [5, 5.41) is 6.14. The normalized spacial score (nSPS) is 20.0. The van der Waals surface area contributed by atoms with Gasteiger partial charge in [0.25, 0.3) is 0 Å². The summed E-state index contributed by atoms with van der Waals surface area (Å²) in [6, 6.07) is -0.0985. The second kappa shape index (κ2) is 5.97. The molecule has 2 heterocycles. The van der Waals surface area contributed by atoms with E-state index in [-0.39, 0.29) is 17.9 Å². The van der Waals surface area contributed by atoms with Gasteiger partial charge in [-0.15, -0.1) is 0 Å². The van der Waals surface area contributed by atoms with Gasteiger partial charge >= 0.3 is 0 Å². The lowest BCUT2D eigenvalue weighted by Crippen LogP contribution is -2.25. The van der Waals surface area contributed by atoms with Crippen LogP contribution in [-0.2, 0) is 4.79 Å². The van der Waals surface area contributed by atoms with Gasteiger partial charge in [-0.1, -0.05) is 13.8 Å². The number of hydrogen-bond acceptors (Lipinski definition) is 5. The first-order valence-electron chi connectivity index (χ1n) is 6.52. The molecule has 1 atom stereocenters. The van der Waals surface area contributed by atoms with E-state index < -0.39 is 0 Å². The molecule has 1 saturated heterocycles. The van der Waals surface area contributed by atoms with E-state index >= 15 is 0 Å². The number of aromatic nitrogens is 2. The molecule has 0 spiro atoms. The summed E-state index contributed by atoms with van der Waals surface area (Å²) in [5.74, 6) is 1.57. The van der Waals surface area contributed by atoms with E-state index in [2.05, 4.69) is 20.6 Å². The second-order valence-electron chi connectivity index (χ2n) is 4.91. The standard InChI is InChI=1S/C13H20N4O2/c1-8(2)12-16-7-9(13(17-12)19-3)10-6-11(18)15-5-4-14-10/h7-8,10,14H,4-6H2,1-3H3,(H,15,18).